The molecule has 1 aromatic carbocycles. The zero-order chi connectivity index (χ0) is 14.8. The average molecular weight is 307 g/mol. The summed E-state index contributed by atoms with van der Waals surface area (Å²) < 4.78 is 12.0. The minimum Gasteiger partial charge on any atom is -0.454 e. The molecule has 21 heavy (non-hydrogen) atoms. The Kier molecular flexibility index (Phi) is 3.65. The van der Waals surface area contributed by atoms with Gasteiger partial charge >= 0.3 is 0 Å². The number of fused-ring (bicyclic) bond motifs is 1. The maximum atomic E-state index is 12.2. The van der Waals surface area contributed by atoms with E-state index in [-0.39, 0.29) is 18.0 Å². The fraction of sp³-hybridized carbons (Fsp3) is 0.333. The molecule has 1 aromatic heterocycles. The van der Waals surface area contributed by atoms with Crippen molar-refractivity contribution in [3.63, 3.8) is 0 Å². The van der Waals surface area contributed by atoms with E-state index in [4.69, 9.17) is 9.47 Å². The monoisotopic (exact) mass is 307 g/mol. The number of hydrogen-bond donors (Lipinski definition) is 1. The summed E-state index contributed by atoms with van der Waals surface area (Å²) >= 11 is 1.29. The van der Waals surface area contributed by atoms with Crippen LogP contribution in [-0.2, 0) is 11.8 Å². The Morgan fingerprint density at radius 2 is 2.24 bits per heavy atom. The van der Waals surface area contributed by atoms with Crippen molar-refractivity contribution in [3.05, 3.63) is 18.2 Å². The normalized spacial score (nSPS) is 14.0. The van der Waals surface area contributed by atoms with Gasteiger partial charge in [-0.2, -0.15) is 0 Å². The lowest BCUT2D eigenvalue weighted by Gasteiger charge is -2.11. The maximum Gasteiger partial charge on any atom is 0.237 e. The Morgan fingerprint density at radius 1 is 1.43 bits per heavy atom. The van der Waals surface area contributed by atoms with Gasteiger partial charge in [0.2, 0.25) is 17.9 Å². The van der Waals surface area contributed by atoms with Gasteiger partial charge in [-0.1, -0.05) is 11.8 Å². The number of amides is 1. The molecule has 1 aliphatic heterocycles. The predicted octanol–water partition coefficient (Wildman–Crippen LogP) is 1.06. The van der Waals surface area contributed by atoms with Crippen molar-refractivity contribution in [3.8, 4) is 11.5 Å². The quantitative estimate of drug-likeness (QED) is 0.844. The highest BCUT2D eigenvalue weighted by Gasteiger charge is 2.19. The topological polar surface area (TPSA) is 91.2 Å². The molecule has 1 aliphatic rings. The van der Waals surface area contributed by atoms with Crippen LogP contribution >= 0.6 is 11.8 Å². The molecule has 0 unspecified atom stereocenters. The van der Waals surface area contributed by atoms with Crippen LogP contribution in [0, 0.1) is 0 Å². The molecule has 1 N–H and O–H groups in total. The molecule has 110 valence electrons. The van der Waals surface area contributed by atoms with Gasteiger partial charge in [0.15, 0.2) is 11.5 Å². The first-order valence-electron chi connectivity index (χ1n) is 6.23. The van der Waals surface area contributed by atoms with Crippen LogP contribution in [0.2, 0.25) is 0 Å². The van der Waals surface area contributed by atoms with Crippen LogP contribution in [0.3, 0.4) is 0 Å². The molecule has 8 nitrogen and oxygen atoms in total. The van der Waals surface area contributed by atoms with E-state index in [1.807, 2.05) is 0 Å². The number of carbonyl (C=O) groups excluding carboxylic acids is 1. The third kappa shape index (κ3) is 2.92. The Morgan fingerprint density at radius 3 is 3.00 bits per heavy atom. The second-order valence-corrected chi connectivity index (χ2v) is 5.71. The Hall–Kier alpha value is -2.29. The van der Waals surface area contributed by atoms with Gasteiger partial charge in [-0.3, -0.25) is 4.79 Å². The van der Waals surface area contributed by atoms with E-state index in [1.165, 1.54) is 16.4 Å². The number of aromatic nitrogens is 4. The van der Waals surface area contributed by atoms with Crippen molar-refractivity contribution >= 4 is 23.4 Å². The summed E-state index contributed by atoms with van der Waals surface area (Å²) in [4.78, 5) is 12.2. The SMILES string of the molecule is C[C@@H](Sc1nnnn1C)C(=O)Nc1ccc2c(c1)OCO2. The fourth-order valence-corrected chi connectivity index (χ4v) is 2.51. The molecule has 0 radical (unpaired) electrons. The van der Waals surface area contributed by atoms with E-state index in [2.05, 4.69) is 20.8 Å². The van der Waals surface area contributed by atoms with Crippen LogP contribution in [0.5, 0.6) is 11.5 Å². The summed E-state index contributed by atoms with van der Waals surface area (Å²) in [6.45, 7) is 2.00. The lowest BCUT2D eigenvalue weighted by Crippen LogP contribution is -2.22. The maximum absolute atomic E-state index is 12.2. The summed E-state index contributed by atoms with van der Waals surface area (Å²) in [5.41, 5.74) is 0.660. The first-order chi connectivity index (χ1) is 10.1. The Labute approximate surface area is 124 Å². The van der Waals surface area contributed by atoms with Crippen LogP contribution in [0.4, 0.5) is 5.69 Å². The number of aryl methyl sites for hydroxylation is 1. The predicted molar refractivity (Wildman–Crippen MR) is 75.3 cm³/mol. The molecular formula is C12H13N5O3S. The first-order valence-corrected chi connectivity index (χ1v) is 7.11. The molecule has 0 saturated heterocycles. The molecule has 3 rings (SSSR count). The first kappa shape index (κ1) is 13.7. The number of ether oxygens (including phenoxy) is 2. The number of rotatable bonds is 4. The lowest BCUT2D eigenvalue weighted by molar-refractivity contribution is -0.115. The zero-order valence-electron chi connectivity index (χ0n) is 11.4. The van der Waals surface area contributed by atoms with Crippen LogP contribution in [0.15, 0.2) is 23.4 Å². The number of carbonyl (C=O) groups is 1. The molecule has 1 amide bonds. The number of benzene rings is 1. The highest BCUT2D eigenvalue weighted by atomic mass is 32.2. The number of anilines is 1. The molecule has 0 bridgehead atoms. The van der Waals surface area contributed by atoms with Crippen LogP contribution in [0.25, 0.3) is 0 Å². The summed E-state index contributed by atoms with van der Waals surface area (Å²) in [6, 6.07) is 5.27. The van der Waals surface area contributed by atoms with E-state index < -0.39 is 0 Å². The summed E-state index contributed by atoms with van der Waals surface area (Å²) in [5, 5.41) is 14.2. The van der Waals surface area contributed by atoms with Gasteiger partial charge in [0, 0.05) is 18.8 Å². The third-order valence-electron chi connectivity index (χ3n) is 2.87. The number of tetrazole rings is 1. The zero-order valence-corrected chi connectivity index (χ0v) is 12.3. The summed E-state index contributed by atoms with van der Waals surface area (Å²) in [6.07, 6.45) is 0. The molecule has 0 spiro atoms. The lowest BCUT2D eigenvalue weighted by atomic mass is 10.2. The molecule has 2 heterocycles. The van der Waals surface area contributed by atoms with Crippen molar-refractivity contribution in [1.29, 1.82) is 0 Å². The van der Waals surface area contributed by atoms with E-state index in [1.54, 1.807) is 32.2 Å². The van der Waals surface area contributed by atoms with Gasteiger partial charge in [-0.05, 0) is 29.5 Å². The van der Waals surface area contributed by atoms with Crippen LogP contribution < -0.4 is 14.8 Å². The number of thioether (sulfide) groups is 1. The Bertz CT molecular complexity index is 675. The Balaban J connectivity index is 1.64. The molecule has 9 heteroatoms. The second kappa shape index (κ2) is 5.60. The minimum atomic E-state index is -0.333. The highest BCUT2D eigenvalue weighted by molar-refractivity contribution is 8.00. The van der Waals surface area contributed by atoms with Crippen molar-refractivity contribution in [1.82, 2.24) is 20.2 Å². The summed E-state index contributed by atoms with van der Waals surface area (Å²) in [7, 11) is 1.73. The van der Waals surface area contributed by atoms with E-state index >= 15 is 0 Å². The van der Waals surface area contributed by atoms with E-state index in [9.17, 15) is 4.79 Å². The second-order valence-electron chi connectivity index (χ2n) is 4.40. The standard InChI is InChI=1S/C12H13N5O3S/c1-7(21-12-14-15-16-17(12)2)11(18)13-8-3-4-9-10(5-8)20-6-19-9/h3-5,7H,6H2,1-2H3,(H,13,18)/t7-/m1/s1. The number of hydrogen-bond acceptors (Lipinski definition) is 7. The van der Waals surface area contributed by atoms with Crippen molar-refractivity contribution in [2.24, 2.45) is 7.05 Å². The van der Waals surface area contributed by atoms with Crippen LogP contribution in [0.1, 0.15) is 6.92 Å². The van der Waals surface area contributed by atoms with E-state index in [0.29, 0.717) is 22.3 Å². The minimum absolute atomic E-state index is 0.137. The highest BCUT2D eigenvalue weighted by Crippen LogP contribution is 2.34. The molecular weight excluding hydrogens is 294 g/mol. The molecule has 0 fully saturated rings. The molecule has 0 saturated carbocycles. The molecule has 2 aromatic rings. The summed E-state index contributed by atoms with van der Waals surface area (Å²) in [5.74, 6) is 1.17. The van der Waals surface area contributed by atoms with Gasteiger partial charge in [0.1, 0.15) is 0 Å². The third-order valence-corrected chi connectivity index (χ3v) is 4.00. The smallest absolute Gasteiger partial charge is 0.237 e. The van der Waals surface area contributed by atoms with Gasteiger partial charge in [0.05, 0.1) is 5.25 Å². The van der Waals surface area contributed by atoms with Crippen LogP contribution in [-0.4, -0.2) is 38.2 Å². The van der Waals surface area contributed by atoms with Crippen molar-refractivity contribution < 1.29 is 14.3 Å². The number of nitrogens with zero attached hydrogens (tertiary/aromatic N) is 4. The number of nitrogens with one attached hydrogen (secondary N) is 1. The van der Waals surface area contributed by atoms with E-state index in [0.717, 1.165) is 0 Å². The average Bonchev–Trinajstić information content (AvgIpc) is 3.07. The largest absolute Gasteiger partial charge is 0.454 e. The fourth-order valence-electron chi connectivity index (χ4n) is 1.75. The van der Waals surface area contributed by atoms with Gasteiger partial charge in [-0.25, -0.2) is 4.68 Å². The van der Waals surface area contributed by atoms with Gasteiger partial charge in [-0.15, -0.1) is 5.10 Å². The van der Waals surface area contributed by atoms with Gasteiger partial charge < -0.3 is 14.8 Å². The van der Waals surface area contributed by atoms with Crippen molar-refractivity contribution in [2.45, 2.75) is 17.3 Å². The van der Waals surface area contributed by atoms with Crippen molar-refractivity contribution in [2.75, 3.05) is 12.1 Å². The molecule has 0 aliphatic carbocycles. The van der Waals surface area contributed by atoms with Gasteiger partial charge in [0.25, 0.3) is 0 Å². The molecule has 1 atom stereocenters.